The SMILES string of the molecule is C1CCNCC1.Oc1ccccc1.[B]. The van der Waals surface area contributed by atoms with Gasteiger partial charge < -0.3 is 10.4 Å². The van der Waals surface area contributed by atoms with Crippen LogP contribution in [0.3, 0.4) is 0 Å². The van der Waals surface area contributed by atoms with Crippen LogP contribution in [0.2, 0.25) is 0 Å². The monoisotopic (exact) mass is 190 g/mol. The largest absolute Gasteiger partial charge is 0.508 e. The quantitative estimate of drug-likeness (QED) is 0.611. The van der Waals surface area contributed by atoms with Crippen LogP contribution in [-0.4, -0.2) is 26.6 Å². The van der Waals surface area contributed by atoms with E-state index in [2.05, 4.69) is 5.32 Å². The van der Waals surface area contributed by atoms with Crippen molar-refractivity contribution in [1.29, 1.82) is 0 Å². The lowest BCUT2D eigenvalue weighted by Gasteiger charge is -2.08. The van der Waals surface area contributed by atoms with Gasteiger partial charge in [0.2, 0.25) is 0 Å². The summed E-state index contributed by atoms with van der Waals surface area (Å²) in [5, 5.41) is 11.9. The smallest absolute Gasteiger partial charge is 0.115 e. The Bertz CT molecular complexity index is 200. The molecular weight excluding hydrogens is 173 g/mol. The second-order valence-electron chi connectivity index (χ2n) is 3.15. The summed E-state index contributed by atoms with van der Waals surface area (Å²) >= 11 is 0. The molecule has 0 unspecified atom stereocenters. The molecule has 0 amide bonds. The average Bonchev–Trinajstić information content (AvgIpc) is 2.22. The van der Waals surface area contributed by atoms with Crippen molar-refractivity contribution < 1.29 is 5.11 Å². The molecule has 0 bridgehead atoms. The molecule has 0 aromatic heterocycles. The van der Waals surface area contributed by atoms with Crippen molar-refractivity contribution >= 4 is 8.41 Å². The number of piperidine rings is 1. The molecule has 3 radical (unpaired) electrons. The van der Waals surface area contributed by atoms with Crippen LogP contribution in [0.25, 0.3) is 0 Å². The van der Waals surface area contributed by atoms with Crippen molar-refractivity contribution in [2.75, 3.05) is 13.1 Å². The predicted octanol–water partition coefficient (Wildman–Crippen LogP) is 1.77. The molecule has 1 aromatic rings. The fourth-order valence-electron chi connectivity index (χ4n) is 1.23. The van der Waals surface area contributed by atoms with Crippen molar-refractivity contribution in [1.82, 2.24) is 5.32 Å². The molecule has 0 aliphatic carbocycles. The summed E-state index contributed by atoms with van der Waals surface area (Å²) < 4.78 is 0. The number of benzene rings is 1. The standard InChI is InChI=1S/C6H6O.C5H11N.B/c7-6-4-2-1-3-5-6;1-2-4-6-5-3-1;/h1-5,7H;6H,1-5H2;. The minimum absolute atomic E-state index is 0. The molecule has 2 rings (SSSR count). The summed E-state index contributed by atoms with van der Waals surface area (Å²) in [4.78, 5) is 0. The van der Waals surface area contributed by atoms with Crippen LogP contribution < -0.4 is 5.32 Å². The molecular formula is C11H17BNO. The topological polar surface area (TPSA) is 32.3 Å². The molecule has 1 aliphatic rings. The van der Waals surface area contributed by atoms with Crippen LogP contribution in [0.4, 0.5) is 0 Å². The highest BCUT2D eigenvalue weighted by molar-refractivity contribution is 5.75. The van der Waals surface area contributed by atoms with E-state index in [1.54, 1.807) is 24.3 Å². The van der Waals surface area contributed by atoms with Crippen molar-refractivity contribution in [3.8, 4) is 5.75 Å². The van der Waals surface area contributed by atoms with E-state index in [0.717, 1.165) is 0 Å². The molecule has 0 saturated carbocycles. The molecule has 1 fully saturated rings. The molecule has 75 valence electrons. The van der Waals surface area contributed by atoms with Gasteiger partial charge in [0.15, 0.2) is 0 Å². The van der Waals surface area contributed by atoms with Crippen molar-refractivity contribution in [2.45, 2.75) is 19.3 Å². The van der Waals surface area contributed by atoms with Gasteiger partial charge in [-0.1, -0.05) is 24.6 Å². The number of phenolic OH excluding ortho intramolecular Hbond substituents is 1. The molecule has 3 heteroatoms. The van der Waals surface area contributed by atoms with E-state index in [4.69, 9.17) is 5.11 Å². The zero-order chi connectivity index (χ0) is 9.36. The Morgan fingerprint density at radius 1 is 0.929 bits per heavy atom. The van der Waals surface area contributed by atoms with Gasteiger partial charge in [0, 0.05) is 8.41 Å². The molecule has 0 spiro atoms. The number of rotatable bonds is 0. The summed E-state index contributed by atoms with van der Waals surface area (Å²) in [7, 11) is 0. The van der Waals surface area contributed by atoms with E-state index in [1.165, 1.54) is 32.4 Å². The van der Waals surface area contributed by atoms with E-state index in [-0.39, 0.29) is 8.41 Å². The van der Waals surface area contributed by atoms with Gasteiger partial charge in [0.25, 0.3) is 0 Å². The van der Waals surface area contributed by atoms with Crippen LogP contribution >= 0.6 is 0 Å². The summed E-state index contributed by atoms with van der Waals surface area (Å²) in [6.07, 6.45) is 4.22. The Morgan fingerprint density at radius 3 is 1.71 bits per heavy atom. The van der Waals surface area contributed by atoms with Crippen LogP contribution in [0.15, 0.2) is 30.3 Å². The maximum Gasteiger partial charge on any atom is 0.115 e. The highest BCUT2D eigenvalue weighted by Gasteiger charge is 1.93. The van der Waals surface area contributed by atoms with Gasteiger partial charge in [-0.2, -0.15) is 0 Å². The van der Waals surface area contributed by atoms with Gasteiger partial charge in [-0.25, -0.2) is 0 Å². The first-order valence-electron chi connectivity index (χ1n) is 4.84. The molecule has 1 aromatic carbocycles. The molecule has 14 heavy (non-hydrogen) atoms. The summed E-state index contributed by atoms with van der Waals surface area (Å²) in [6.45, 7) is 2.50. The Hall–Kier alpha value is -0.955. The van der Waals surface area contributed by atoms with Crippen LogP contribution in [0.5, 0.6) is 5.75 Å². The molecule has 2 N–H and O–H groups in total. The fourth-order valence-corrected chi connectivity index (χ4v) is 1.23. The maximum absolute atomic E-state index is 8.63. The highest BCUT2D eigenvalue weighted by atomic mass is 16.3. The number of hydrogen-bond acceptors (Lipinski definition) is 2. The first-order valence-corrected chi connectivity index (χ1v) is 4.84. The average molecular weight is 190 g/mol. The lowest BCUT2D eigenvalue weighted by Crippen LogP contribution is -2.21. The van der Waals surface area contributed by atoms with Crippen LogP contribution in [0.1, 0.15) is 19.3 Å². The van der Waals surface area contributed by atoms with E-state index in [0.29, 0.717) is 5.75 Å². The van der Waals surface area contributed by atoms with Crippen LogP contribution in [-0.2, 0) is 0 Å². The number of hydrogen-bond donors (Lipinski definition) is 2. The summed E-state index contributed by atoms with van der Waals surface area (Å²) in [6, 6.07) is 8.71. The number of phenols is 1. The Kier molecular flexibility index (Phi) is 8.05. The second-order valence-corrected chi connectivity index (χ2v) is 3.15. The van der Waals surface area contributed by atoms with Crippen molar-refractivity contribution in [2.24, 2.45) is 0 Å². The van der Waals surface area contributed by atoms with E-state index < -0.39 is 0 Å². The predicted molar refractivity (Wildman–Crippen MR) is 60.6 cm³/mol. The molecule has 1 aliphatic heterocycles. The van der Waals surface area contributed by atoms with E-state index >= 15 is 0 Å². The van der Waals surface area contributed by atoms with Gasteiger partial charge >= 0.3 is 0 Å². The number of para-hydroxylation sites is 1. The lowest BCUT2D eigenvalue weighted by molar-refractivity contribution is 0.475. The third-order valence-corrected chi connectivity index (χ3v) is 1.96. The van der Waals surface area contributed by atoms with E-state index in [1.807, 2.05) is 6.07 Å². The van der Waals surface area contributed by atoms with Gasteiger partial charge in [-0.3, -0.25) is 0 Å². The lowest BCUT2D eigenvalue weighted by atomic mass is 10.2. The van der Waals surface area contributed by atoms with Crippen molar-refractivity contribution in [3.63, 3.8) is 0 Å². The maximum atomic E-state index is 8.63. The van der Waals surface area contributed by atoms with Gasteiger partial charge in [0.05, 0.1) is 0 Å². The molecule has 0 atom stereocenters. The Morgan fingerprint density at radius 2 is 1.50 bits per heavy atom. The molecule has 1 heterocycles. The van der Waals surface area contributed by atoms with Crippen LogP contribution in [0, 0.1) is 0 Å². The third kappa shape index (κ3) is 6.55. The zero-order valence-electron chi connectivity index (χ0n) is 8.45. The first-order chi connectivity index (χ1) is 6.39. The zero-order valence-corrected chi connectivity index (χ0v) is 8.45. The van der Waals surface area contributed by atoms with Crippen molar-refractivity contribution in [3.05, 3.63) is 30.3 Å². The Balaban J connectivity index is 0.000000227. The Labute approximate surface area is 87.9 Å². The number of aromatic hydroxyl groups is 1. The molecule has 2 nitrogen and oxygen atoms in total. The van der Waals surface area contributed by atoms with Gasteiger partial charge in [-0.05, 0) is 38.1 Å². The minimum Gasteiger partial charge on any atom is -0.508 e. The summed E-state index contributed by atoms with van der Waals surface area (Å²) in [5.74, 6) is 0.322. The third-order valence-electron chi connectivity index (χ3n) is 1.96. The van der Waals surface area contributed by atoms with Gasteiger partial charge in [-0.15, -0.1) is 0 Å². The summed E-state index contributed by atoms with van der Waals surface area (Å²) in [5.41, 5.74) is 0. The minimum atomic E-state index is 0. The second kappa shape index (κ2) is 8.63. The van der Waals surface area contributed by atoms with Gasteiger partial charge in [0.1, 0.15) is 5.75 Å². The van der Waals surface area contributed by atoms with E-state index in [9.17, 15) is 0 Å². The normalized spacial score (nSPS) is 14.6. The number of nitrogens with one attached hydrogen (secondary N) is 1. The first kappa shape index (κ1) is 13.0. The molecule has 1 saturated heterocycles. The fraction of sp³-hybridized carbons (Fsp3) is 0.455. The highest BCUT2D eigenvalue weighted by Crippen LogP contribution is 2.02.